The summed E-state index contributed by atoms with van der Waals surface area (Å²) in [4.78, 5) is 21.8. The van der Waals surface area contributed by atoms with Gasteiger partial charge in [-0.15, -0.1) is 11.3 Å². The van der Waals surface area contributed by atoms with Crippen molar-refractivity contribution < 1.29 is 4.79 Å². The fraction of sp³-hybridized carbons (Fsp3) is 0.615. The standard InChI is InChI=1S/C13H21N5OS/c1-9-8-20-11(16-9)6-14-13(17-10-4-5-10)15-7-12(19)18(2)3/h8,10H,4-7H2,1-3H3,(H2,14,15,17). The van der Waals surface area contributed by atoms with E-state index >= 15 is 0 Å². The minimum atomic E-state index is -0.00742. The third-order valence-electron chi connectivity index (χ3n) is 2.86. The lowest BCUT2D eigenvalue weighted by Gasteiger charge is -2.12. The van der Waals surface area contributed by atoms with E-state index in [0.29, 0.717) is 18.5 Å². The summed E-state index contributed by atoms with van der Waals surface area (Å²) in [6, 6.07) is 0.494. The van der Waals surface area contributed by atoms with Gasteiger partial charge in [-0.05, 0) is 19.8 Å². The highest BCUT2D eigenvalue weighted by atomic mass is 32.1. The number of thiazole rings is 1. The Bertz CT molecular complexity index is 493. The Morgan fingerprint density at radius 1 is 1.55 bits per heavy atom. The third kappa shape index (κ3) is 4.80. The van der Waals surface area contributed by atoms with E-state index in [0.717, 1.165) is 10.7 Å². The lowest BCUT2D eigenvalue weighted by Crippen LogP contribution is -2.39. The largest absolute Gasteiger partial charge is 0.354 e. The number of carbonyl (C=O) groups is 1. The van der Waals surface area contributed by atoms with Crippen molar-refractivity contribution in [3.05, 3.63) is 16.1 Å². The van der Waals surface area contributed by atoms with E-state index < -0.39 is 0 Å². The number of amides is 1. The molecule has 2 N–H and O–H groups in total. The van der Waals surface area contributed by atoms with E-state index in [1.165, 1.54) is 12.8 Å². The number of guanidine groups is 1. The summed E-state index contributed by atoms with van der Waals surface area (Å²) in [6.07, 6.45) is 2.33. The van der Waals surface area contributed by atoms with Crippen LogP contribution in [0.5, 0.6) is 0 Å². The summed E-state index contributed by atoms with van der Waals surface area (Å²) < 4.78 is 0. The van der Waals surface area contributed by atoms with Crippen LogP contribution in [0.4, 0.5) is 0 Å². The van der Waals surface area contributed by atoms with Gasteiger partial charge in [-0.2, -0.15) is 0 Å². The first-order valence-electron chi connectivity index (χ1n) is 6.70. The minimum absolute atomic E-state index is 0.00742. The van der Waals surface area contributed by atoms with Crippen LogP contribution < -0.4 is 10.6 Å². The van der Waals surface area contributed by atoms with Crippen LogP contribution in [0, 0.1) is 6.92 Å². The first-order valence-corrected chi connectivity index (χ1v) is 7.58. The average Bonchev–Trinajstić information content (AvgIpc) is 3.13. The molecule has 0 saturated heterocycles. The van der Waals surface area contributed by atoms with Gasteiger partial charge in [-0.25, -0.2) is 9.98 Å². The Balaban J connectivity index is 1.88. The van der Waals surface area contributed by atoms with Crippen LogP contribution in [0.15, 0.2) is 10.4 Å². The predicted octanol–water partition coefficient (Wildman–Crippen LogP) is 0.737. The maximum absolute atomic E-state index is 11.6. The molecule has 0 spiro atoms. The summed E-state index contributed by atoms with van der Waals surface area (Å²) >= 11 is 1.62. The lowest BCUT2D eigenvalue weighted by atomic mass is 10.5. The number of carbonyl (C=O) groups excluding carboxylic acids is 1. The van der Waals surface area contributed by atoms with Crippen molar-refractivity contribution in [2.75, 3.05) is 20.6 Å². The number of aromatic nitrogens is 1. The normalized spacial score (nSPS) is 15.1. The van der Waals surface area contributed by atoms with Crippen LogP contribution in [-0.2, 0) is 11.3 Å². The quantitative estimate of drug-likeness (QED) is 0.621. The average molecular weight is 295 g/mol. The number of hydrogen-bond donors (Lipinski definition) is 2. The first-order chi connectivity index (χ1) is 9.54. The van der Waals surface area contributed by atoms with Gasteiger partial charge in [-0.1, -0.05) is 0 Å². The van der Waals surface area contributed by atoms with Crippen LogP contribution in [0.25, 0.3) is 0 Å². The van der Waals surface area contributed by atoms with E-state index in [-0.39, 0.29) is 12.5 Å². The van der Waals surface area contributed by atoms with Crippen molar-refractivity contribution in [1.29, 1.82) is 0 Å². The van der Waals surface area contributed by atoms with Crippen molar-refractivity contribution in [2.24, 2.45) is 4.99 Å². The van der Waals surface area contributed by atoms with Crippen molar-refractivity contribution in [3.63, 3.8) is 0 Å². The van der Waals surface area contributed by atoms with Gasteiger partial charge >= 0.3 is 0 Å². The number of nitrogens with zero attached hydrogens (tertiary/aromatic N) is 3. The van der Waals surface area contributed by atoms with Crippen LogP contribution in [0.2, 0.25) is 0 Å². The number of aryl methyl sites for hydroxylation is 1. The van der Waals surface area contributed by atoms with E-state index in [1.54, 1.807) is 30.3 Å². The number of rotatable bonds is 5. The number of aliphatic imine (C=N–C) groups is 1. The minimum Gasteiger partial charge on any atom is -0.354 e. The predicted molar refractivity (Wildman–Crippen MR) is 80.8 cm³/mol. The van der Waals surface area contributed by atoms with Crippen LogP contribution in [-0.4, -0.2) is 48.4 Å². The van der Waals surface area contributed by atoms with E-state index in [9.17, 15) is 4.79 Å². The molecular formula is C13H21N5OS. The van der Waals surface area contributed by atoms with Crippen molar-refractivity contribution in [3.8, 4) is 0 Å². The van der Waals surface area contributed by atoms with Gasteiger partial charge in [0.05, 0.1) is 6.54 Å². The highest BCUT2D eigenvalue weighted by Crippen LogP contribution is 2.18. The molecule has 1 saturated carbocycles. The molecule has 1 aromatic heterocycles. The maximum atomic E-state index is 11.6. The molecule has 110 valence electrons. The van der Waals surface area contributed by atoms with Gasteiger partial charge < -0.3 is 15.5 Å². The Labute approximate surface area is 123 Å². The molecule has 0 radical (unpaired) electrons. The summed E-state index contributed by atoms with van der Waals surface area (Å²) in [5.74, 6) is 0.683. The van der Waals surface area contributed by atoms with Crippen molar-refractivity contribution in [1.82, 2.24) is 20.5 Å². The molecule has 1 aliphatic carbocycles. The monoisotopic (exact) mass is 295 g/mol. The zero-order valence-electron chi connectivity index (χ0n) is 12.1. The molecule has 1 aromatic rings. The second-order valence-electron chi connectivity index (χ2n) is 5.11. The molecule has 1 heterocycles. The second-order valence-corrected chi connectivity index (χ2v) is 6.05. The van der Waals surface area contributed by atoms with E-state index in [1.807, 2.05) is 12.3 Å². The van der Waals surface area contributed by atoms with Gasteiger partial charge in [0.2, 0.25) is 5.91 Å². The molecule has 20 heavy (non-hydrogen) atoms. The van der Waals surface area contributed by atoms with Crippen LogP contribution >= 0.6 is 11.3 Å². The van der Waals surface area contributed by atoms with Gasteiger partial charge in [0, 0.05) is 31.2 Å². The zero-order chi connectivity index (χ0) is 14.5. The zero-order valence-corrected chi connectivity index (χ0v) is 13.0. The highest BCUT2D eigenvalue weighted by Gasteiger charge is 2.22. The van der Waals surface area contributed by atoms with Gasteiger partial charge in [-0.3, -0.25) is 4.79 Å². The first kappa shape index (κ1) is 14.8. The Morgan fingerprint density at radius 3 is 2.85 bits per heavy atom. The van der Waals surface area contributed by atoms with Crippen LogP contribution in [0.1, 0.15) is 23.5 Å². The van der Waals surface area contributed by atoms with Gasteiger partial charge in [0.15, 0.2) is 5.96 Å². The number of likely N-dealkylation sites (N-methyl/N-ethyl adjacent to an activating group) is 1. The number of nitrogens with one attached hydrogen (secondary N) is 2. The number of hydrogen-bond acceptors (Lipinski definition) is 4. The molecule has 2 rings (SSSR count). The Kier molecular flexibility index (Phi) is 4.94. The summed E-state index contributed by atoms with van der Waals surface area (Å²) in [7, 11) is 3.47. The summed E-state index contributed by atoms with van der Waals surface area (Å²) in [5.41, 5.74) is 1.03. The van der Waals surface area contributed by atoms with Crippen molar-refractivity contribution >= 4 is 23.2 Å². The molecule has 1 aliphatic rings. The smallest absolute Gasteiger partial charge is 0.243 e. The summed E-state index contributed by atoms with van der Waals surface area (Å²) in [6.45, 7) is 2.77. The Morgan fingerprint density at radius 2 is 2.30 bits per heavy atom. The maximum Gasteiger partial charge on any atom is 0.243 e. The van der Waals surface area contributed by atoms with Gasteiger partial charge in [0.25, 0.3) is 0 Å². The van der Waals surface area contributed by atoms with E-state index in [4.69, 9.17) is 0 Å². The molecule has 0 unspecified atom stereocenters. The SMILES string of the molecule is Cc1csc(CNC(=NCC(=O)N(C)C)NC2CC2)n1. The van der Waals surface area contributed by atoms with Crippen LogP contribution in [0.3, 0.4) is 0 Å². The van der Waals surface area contributed by atoms with E-state index in [2.05, 4.69) is 20.6 Å². The molecule has 0 aliphatic heterocycles. The van der Waals surface area contributed by atoms with Crippen molar-refractivity contribution in [2.45, 2.75) is 32.4 Å². The molecule has 7 heteroatoms. The lowest BCUT2D eigenvalue weighted by molar-refractivity contribution is -0.127. The molecule has 1 amide bonds. The Hall–Kier alpha value is -1.63. The highest BCUT2D eigenvalue weighted by molar-refractivity contribution is 7.09. The molecule has 0 atom stereocenters. The molecular weight excluding hydrogens is 274 g/mol. The molecule has 1 fully saturated rings. The van der Waals surface area contributed by atoms with Gasteiger partial charge in [0.1, 0.15) is 11.6 Å². The fourth-order valence-electron chi connectivity index (χ4n) is 1.50. The topological polar surface area (TPSA) is 69.6 Å². The molecule has 0 aromatic carbocycles. The molecule has 0 bridgehead atoms. The third-order valence-corrected chi connectivity index (χ3v) is 3.83. The molecule has 6 nitrogen and oxygen atoms in total. The fourth-order valence-corrected chi connectivity index (χ4v) is 2.22. The summed E-state index contributed by atoms with van der Waals surface area (Å²) in [5, 5.41) is 9.58. The second kappa shape index (κ2) is 6.69.